The van der Waals surface area contributed by atoms with E-state index in [1.54, 1.807) is 0 Å². The molecule has 2 heterocycles. The average Bonchev–Trinajstić information content (AvgIpc) is 3.35. The normalized spacial score (nSPS) is 25.1. The molecule has 0 spiro atoms. The van der Waals surface area contributed by atoms with Crippen molar-refractivity contribution in [1.82, 2.24) is 4.90 Å². The summed E-state index contributed by atoms with van der Waals surface area (Å²) in [6.45, 7) is 7.88. The molecular weight excluding hydrogens is 494 g/mol. The van der Waals surface area contributed by atoms with Gasteiger partial charge in [-0.25, -0.2) is 0 Å². The highest BCUT2D eigenvalue weighted by Gasteiger charge is 2.42. The molecule has 1 aliphatic carbocycles. The zero-order valence-corrected chi connectivity index (χ0v) is 23.4. The van der Waals surface area contributed by atoms with Gasteiger partial charge in [-0.1, -0.05) is 54.1 Å². The first-order chi connectivity index (χ1) is 18.3. The molecule has 2 aromatic rings. The monoisotopic (exact) mass is 531 g/mol. The number of amides is 2. The molecule has 2 fully saturated rings. The van der Waals surface area contributed by atoms with Crippen LogP contribution in [0.15, 0.2) is 60.7 Å². The summed E-state index contributed by atoms with van der Waals surface area (Å²) < 4.78 is 0. The number of likely N-dealkylation sites (tertiary alicyclic amines) is 1. The predicted octanol–water partition coefficient (Wildman–Crippen LogP) is 6.94. The van der Waals surface area contributed by atoms with Gasteiger partial charge in [0.05, 0.1) is 22.7 Å². The Hall–Kier alpha value is -3.05. The molecule has 5 rings (SSSR count). The summed E-state index contributed by atoms with van der Waals surface area (Å²) in [5, 5.41) is 3.70. The van der Waals surface area contributed by atoms with Crippen LogP contribution < -0.4 is 10.2 Å². The zero-order valence-electron chi connectivity index (χ0n) is 22.6. The highest BCUT2D eigenvalue weighted by Crippen LogP contribution is 2.37. The number of halogens is 1. The lowest BCUT2D eigenvalue weighted by Crippen LogP contribution is -2.55. The standard InChI is InChI=1S/C32H38ClN3O2/c1-21-10-7-11-22(2)29(21)32(38)36-19-9-15-26(30(36)24-13-5-4-6-14-24)31(37)34-28-20-25(16-17-27(28)33)35-18-8-12-23(35)3/h4-7,10-11,13,16-17,20,23-24,26,30H,8-9,12,14-15,18-19H2,1-3H3,(H,34,37)/t23?,24?,26-,30-/m0/s1. The Labute approximate surface area is 231 Å². The third kappa shape index (κ3) is 5.26. The van der Waals surface area contributed by atoms with Gasteiger partial charge < -0.3 is 15.1 Å². The molecule has 2 aromatic carbocycles. The van der Waals surface area contributed by atoms with Crippen LogP contribution in [0, 0.1) is 25.7 Å². The Bertz CT molecular complexity index is 1250. The van der Waals surface area contributed by atoms with Crippen LogP contribution in [0.2, 0.25) is 5.02 Å². The highest BCUT2D eigenvalue weighted by atomic mass is 35.5. The van der Waals surface area contributed by atoms with Crippen molar-refractivity contribution >= 4 is 34.8 Å². The van der Waals surface area contributed by atoms with E-state index in [9.17, 15) is 9.59 Å². The molecule has 200 valence electrons. The molecule has 2 saturated heterocycles. The largest absolute Gasteiger partial charge is 0.369 e. The number of rotatable bonds is 5. The van der Waals surface area contributed by atoms with Crippen LogP contribution in [-0.4, -0.2) is 41.9 Å². The van der Waals surface area contributed by atoms with Crippen LogP contribution in [0.4, 0.5) is 11.4 Å². The third-order valence-electron chi connectivity index (χ3n) is 8.52. The Kier molecular flexibility index (Phi) is 7.94. The molecule has 2 aliphatic heterocycles. The number of nitrogens with zero attached hydrogens (tertiary/aromatic N) is 2. The first-order valence-electron chi connectivity index (χ1n) is 13.9. The van der Waals surface area contributed by atoms with Gasteiger partial charge in [-0.2, -0.15) is 0 Å². The minimum Gasteiger partial charge on any atom is -0.369 e. The molecular formula is C32H38ClN3O2. The van der Waals surface area contributed by atoms with Gasteiger partial charge in [0.2, 0.25) is 5.91 Å². The maximum Gasteiger partial charge on any atom is 0.254 e. The molecule has 5 nitrogen and oxygen atoms in total. The number of piperidine rings is 1. The SMILES string of the molecule is Cc1cccc(C)c1C(=O)N1CCC[C@H](C(=O)Nc2cc(N3CCCC3C)ccc2Cl)[C@@H]1C1C=CC=CC1. The minimum atomic E-state index is -0.330. The number of carbonyl (C=O) groups is 2. The second-order valence-corrected chi connectivity index (χ2v) is 11.5. The second-order valence-electron chi connectivity index (χ2n) is 11.1. The van der Waals surface area contributed by atoms with Crippen molar-refractivity contribution in [1.29, 1.82) is 0 Å². The van der Waals surface area contributed by atoms with Gasteiger partial charge in [0.15, 0.2) is 0 Å². The molecule has 2 unspecified atom stereocenters. The van der Waals surface area contributed by atoms with Gasteiger partial charge in [-0.15, -0.1) is 0 Å². The fourth-order valence-electron chi connectivity index (χ4n) is 6.55. The number of nitrogens with one attached hydrogen (secondary N) is 1. The molecule has 0 saturated carbocycles. The Morgan fingerprint density at radius 3 is 2.45 bits per heavy atom. The molecule has 0 radical (unpaired) electrons. The number of allylic oxidation sites excluding steroid dienone is 3. The fraction of sp³-hybridized carbons (Fsp3) is 0.438. The first kappa shape index (κ1) is 26.6. The lowest BCUT2D eigenvalue weighted by atomic mass is 9.77. The summed E-state index contributed by atoms with van der Waals surface area (Å²) in [6, 6.07) is 12.1. The van der Waals surface area contributed by atoms with Gasteiger partial charge in [0.25, 0.3) is 5.91 Å². The van der Waals surface area contributed by atoms with Crippen LogP contribution >= 0.6 is 11.6 Å². The van der Waals surface area contributed by atoms with Crippen molar-refractivity contribution < 1.29 is 9.59 Å². The molecule has 0 aromatic heterocycles. The number of anilines is 2. The summed E-state index contributed by atoms with van der Waals surface area (Å²) >= 11 is 6.58. The van der Waals surface area contributed by atoms with Gasteiger partial charge in [0, 0.05) is 36.3 Å². The van der Waals surface area contributed by atoms with Crippen molar-refractivity contribution in [3.8, 4) is 0 Å². The molecule has 3 aliphatic rings. The van der Waals surface area contributed by atoms with E-state index in [0.29, 0.717) is 23.3 Å². The number of hydrogen-bond donors (Lipinski definition) is 1. The van der Waals surface area contributed by atoms with Crippen molar-refractivity contribution in [3.05, 3.63) is 82.4 Å². The van der Waals surface area contributed by atoms with Crippen molar-refractivity contribution in [2.45, 2.75) is 65.0 Å². The fourth-order valence-corrected chi connectivity index (χ4v) is 6.71. The summed E-state index contributed by atoms with van der Waals surface area (Å²) in [6.07, 6.45) is 13.0. The lowest BCUT2D eigenvalue weighted by Gasteiger charge is -2.44. The summed E-state index contributed by atoms with van der Waals surface area (Å²) in [5.74, 6) is -0.292. The van der Waals surface area contributed by atoms with E-state index in [-0.39, 0.29) is 29.7 Å². The van der Waals surface area contributed by atoms with E-state index < -0.39 is 0 Å². The molecule has 0 bridgehead atoms. The summed E-state index contributed by atoms with van der Waals surface area (Å²) in [5.41, 5.74) is 4.43. The second kappa shape index (κ2) is 11.4. The summed E-state index contributed by atoms with van der Waals surface area (Å²) in [7, 11) is 0. The topological polar surface area (TPSA) is 52.7 Å². The Balaban J connectivity index is 1.44. The van der Waals surface area contributed by atoms with Gasteiger partial charge in [-0.05, 0) is 82.2 Å². The van der Waals surface area contributed by atoms with Crippen molar-refractivity contribution in [3.63, 3.8) is 0 Å². The van der Waals surface area contributed by atoms with E-state index in [0.717, 1.165) is 48.2 Å². The van der Waals surface area contributed by atoms with Crippen LogP contribution in [0.5, 0.6) is 0 Å². The van der Waals surface area contributed by atoms with Crippen molar-refractivity contribution in [2.24, 2.45) is 11.8 Å². The molecule has 2 amide bonds. The van der Waals surface area contributed by atoms with Gasteiger partial charge >= 0.3 is 0 Å². The van der Waals surface area contributed by atoms with E-state index in [1.807, 2.05) is 67.3 Å². The van der Waals surface area contributed by atoms with Crippen LogP contribution in [0.25, 0.3) is 0 Å². The first-order valence-corrected chi connectivity index (χ1v) is 14.3. The van der Waals surface area contributed by atoms with E-state index in [1.165, 1.54) is 12.8 Å². The maximum atomic E-state index is 14.0. The van der Waals surface area contributed by atoms with Crippen molar-refractivity contribution in [2.75, 3.05) is 23.3 Å². The number of benzene rings is 2. The predicted molar refractivity (Wildman–Crippen MR) is 156 cm³/mol. The van der Waals surface area contributed by atoms with Gasteiger partial charge in [-0.3, -0.25) is 9.59 Å². The van der Waals surface area contributed by atoms with E-state index >= 15 is 0 Å². The van der Waals surface area contributed by atoms with Crippen LogP contribution in [0.1, 0.15) is 60.5 Å². The van der Waals surface area contributed by atoms with Crippen LogP contribution in [0.3, 0.4) is 0 Å². The number of carbonyl (C=O) groups excluding carboxylic acids is 2. The average molecular weight is 532 g/mol. The number of aryl methyl sites for hydroxylation is 2. The Morgan fingerprint density at radius 1 is 1.00 bits per heavy atom. The maximum absolute atomic E-state index is 14.0. The highest BCUT2D eigenvalue weighted by molar-refractivity contribution is 6.33. The quantitative estimate of drug-likeness (QED) is 0.454. The molecule has 4 atom stereocenters. The molecule has 1 N–H and O–H groups in total. The third-order valence-corrected chi connectivity index (χ3v) is 8.85. The summed E-state index contributed by atoms with van der Waals surface area (Å²) in [4.78, 5) is 32.3. The Morgan fingerprint density at radius 2 is 1.76 bits per heavy atom. The van der Waals surface area contributed by atoms with E-state index in [2.05, 4.69) is 29.3 Å². The lowest BCUT2D eigenvalue weighted by molar-refractivity contribution is -0.123. The number of hydrogen-bond acceptors (Lipinski definition) is 3. The minimum absolute atomic E-state index is 0.0223. The molecule has 38 heavy (non-hydrogen) atoms. The zero-order chi connectivity index (χ0) is 26.8. The smallest absolute Gasteiger partial charge is 0.254 e. The molecule has 6 heteroatoms. The van der Waals surface area contributed by atoms with Gasteiger partial charge in [0.1, 0.15) is 0 Å². The van der Waals surface area contributed by atoms with Crippen LogP contribution in [-0.2, 0) is 4.79 Å². The van der Waals surface area contributed by atoms with E-state index in [4.69, 9.17) is 11.6 Å².